The second-order valence-corrected chi connectivity index (χ2v) is 4.86. The van der Waals surface area contributed by atoms with Crippen molar-refractivity contribution < 1.29 is 4.79 Å². The molecule has 0 radical (unpaired) electrons. The molecule has 0 N–H and O–H groups in total. The molecule has 2 rings (SSSR count). The van der Waals surface area contributed by atoms with Gasteiger partial charge in [-0.25, -0.2) is 0 Å². The standard InChI is InChI=1S/C13H21N3O/c1-14-6-4-8-16(10-9-14)11-13(17)12-5-3-7-15(12)2/h3,5,7H,4,6,8-11H2,1-2H3. The van der Waals surface area contributed by atoms with Gasteiger partial charge in [0.1, 0.15) is 0 Å². The molecule has 0 spiro atoms. The molecule has 4 nitrogen and oxygen atoms in total. The van der Waals surface area contributed by atoms with Crippen molar-refractivity contribution in [3.63, 3.8) is 0 Å². The van der Waals surface area contributed by atoms with Gasteiger partial charge < -0.3 is 9.47 Å². The molecule has 1 aliphatic rings. The van der Waals surface area contributed by atoms with E-state index >= 15 is 0 Å². The van der Waals surface area contributed by atoms with Gasteiger partial charge in [-0.3, -0.25) is 9.69 Å². The normalized spacial score (nSPS) is 19.2. The van der Waals surface area contributed by atoms with E-state index in [-0.39, 0.29) is 5.78 Å². The van der Waals surface area contributed by atoms with Crippen molar-refractivity contribution in [2.24, 2.45) is 7.05 Å². The minimum atomic E-state index is 0.224. The molecule has 1 aliphatic heterocycles. The summed E-state index contributed by atoms with van der Waals surface area (Å²) >= 11 is 0. The quantitative estimate of drug-likeness (QED) is 0.727. The van der Waals surface area contributed by atoms with Crippen LogP contribution in [0.1, 0.15) is 16.9 Å². The number of hydrogen-bond donors (Lipinski definition) is 0. The fraction of sp³-hybridized carbons (Fsp3) is 0.615. The van der Waals surface area contributed by atoms with Crippen LogP contribution in [0, 0.1) is 0 Å². The lowest BCUT2D eigenvalue weighted by Crippen LogP contribution is -2.33. The maximum Gasteiger partial charge on any atom is 0.193 e. The third-order valence-electron chi connectivity index (χ3n) is 3.41. The fourth-order valence-corrected chi connectivity index (χ4v) is 2.29. The Bertz CT molecular complexity index is 386. The Morgan fingerprint density at radius 2 is 2.06 bits per heavy atom. The van der Waals surface area contributed by atoms with Crippen LogP contribution in [0.3, 0.4) is 0 Å². The number of carbonyl (C=O) groups is 1. The SMILES string of the molecule is CN1CCCN(CC(=O)c2cccn2C)CC1. The first-order valence-electron chi connectivity index (χ1n) is 6.22. The number of ketones is 1. The van der Waals surface area contributed by atoms with E-state index in [0.29, 0.717) is 6.54 Å². The number of Topliss-reactive ketones (excluding diaryl/α,β-unsaturated/α-hetero) is 1. The Morgan fingerprint density at radius 3 is 2.76 bits per heavy atom. The highest BCUT2D eigenvalue weighted by Gasteiger charge is 2.17. The van der Waals surface area contributed by atoms with Gasteiger partial charge in [0.25, 0.3) is 0 Å². The molecule has 0 aromatic carbocycles. The van der Waals surface area contributed by atoms with Crippen LogP contribution in [0.2, 0.25) is 0 Å². The molecule has 0 amide bonds. The number of rotatable bonds is 3. The third kappa shape index (κ3) is 3.17. The average Bonchev–Trinajstić information content (AvgIpc) is 2.61. The summed E-state index contributed by atoms with van der Waals surface area (Å²) in [5, 5.41) is 0. The topological polar surface area (TPSA) is 28.5 Å². The van der Waals surface area contributed by atoms with E-state index < -0.39 is 0 Å². The zero-order valence-electron chi connectivity index (χ0n) is 10.7. The van der Waals surface area contributed by atoms with Crippen molar-refractivity contribution >= 4 is 5.78 Å². The lowest BCUT2D eigenvalue weighted by Gasteiger charge is -2.19. The van der Waals surface area contributed by atoms with E-state index in [0.717, 1.165) is 38.3 Å². The molecular weight excluding hydrogens is 214 g/mol. The molecule has 17 heavy (non-hydrogen) atoms. The molecule has 2 heterocycles. The highest BCUT2D eigenvalue weighted by molar-refractivity contribution is 5.96. The molecule has 1 aromatic rings. The van der Waals surface area contributed by atoms with E-state index in [1.807, 2.05) is 29.9 Å². The summed E-state index contributed by atoms with van der Waals surface area (Å²) in [5.74, 6) is 0.224. The van der Waals surface area contributed by atoms with E-state index in [2.05, 4.69) is 16.8 Å². The lowest BCUT2D eigenvalue weighted by atomic mass is 10.2. The van der Waals surface area contributed by atoms with Crippen LogP contribution < -0.4 is 0 Å². The summed E-state index contributed by atoms with van der Waals surface area (Å²) in [6.45, 7) is 4.76. The minimum absolute atomic E-state index is 0.224. The van der Waals surface area contributed by atoms with Gasteiger partial charge in [0, 0.05) is 26.3 Å². The van der Waals surface area contributed by atoms with Gasteiger partial charge in [-0.1, -0.05) is 0 Å². The average molecular weight is 235 g/mol. The van der Waals surface area contributed by atoms with Gasteiger partial charge in [-0.15, -0.1) is 0 Å². The van der Waals surface area contributed by atoms with E-state index in [1.54, 1.807) is 0 Å². The fourth-order valence-electron chi connectivity index (χ4n) is 2.29. The van der Waals surface area contributed by atoms with Gasteiger partial charge in [-0.05, 0) is 38.7 Å². The lowest BCUT2D eigenvalue weighted by molar-refractivity contribution is 0.0925. The Balaban J connectivity index is 1.92. The zero-order chi connectivity index (χ0) is 12.3. The third-order valence-corrected chi connectivity index (χ3v) is 3.41. The second kappa shape index (κ2) is 5.47. The first-order valence-corrected chi connectivity index (χ1v) is 6.22. The Kier molecular flexibility index (Phi) is 3.97. The number of aromatic nitrogens is 1. The van der Waals surface area contributed by atoms with E-state index in [1.165, 1.54) is 0 Å². The van der Waals surface area contributed by atoms with Gasteiger partial charge in [0.05, 0.1) is 12.2 Å². The molecule has 1 saturated heterocycles. The van der Waals surface area contributed by atoms with Crippen LogP contribution in [0.5, 0.6) is 0 Å². The largest absolute Gasteiger partial charge is 0.348 e. The number of nitrogens with zero attached hydrogens (tertiary/aromatic N) is 3. The molecule has 0 saturated carbocycles. The molecule has 0 bridgehead atoms. The highest BCUT2D eigenvalue weighted by Crippen LogP contribution is 2.05. The maximum absolute atomic E-state index is 12.1. The monoisotopic (exact) mass is 235 g/mol. The predicted molar refractivity (Wildman–Crippen MR) is 68.3 cm³/mol. The Labute approximate surface area is 103 Å². The smallest absolute Gasteiger partial charge is 0.193 e. The summed E-state index contributed by atoms with van der Waals surface area (Å²) in [4.78, 5) is 16.7. The van der Waals surface area contributed by atoms with Crippen LogP contribution in [0.25, 0.3) is 0 Å². The van der Waals surface area contributed by atoms with Crippen LogP contribution >= 0.6 is 0 Å². The summed E-state index contributed by atoms with van der Waals surface area (Å²) in [5.41, 5.74) is 0.808. The molecule has 0 atom stereocenters. The van der Waals surface area contributed by atoms with Crippen molar-refractivity contribution in [2.45, 2.75) is 6.42 Å². The zero-order valence-corrected chi connectivity index (χ0v) is 10.7. The van der Waals surface area contributed by atoms with Crippen LogP contribution in [0.15, 0.2) is 18.3 Å². The number of likely N-dealkylation sites (N-methyl/N-ethyl adjacent to an activating group) is 1. The van der Waals surface area contributed by atoms with Crippen molar-refractivity contribution in [3.05, 3.63) is 24.0 Å². The van der Waals surface area contributed by atoms with Crippen molar-refractivity contribution in [3.8, 4) is 0 Å². The number of carbonyl (C=O) groups excluding carboxylic acids is 1. The Morgan fingerprint density at radius 1 is 1.24 bits per heavy atom. The van der Waals surface area contributed by atoms with Gasteiger partial charge >= 0.3 is 0 Å². The van der Waals surface area contributed by atoms with Gasteiger partial charge in [-0.2, -0.15) is 0 Å². The van der Waals surface area contributed by atoms with E-state index in [9.17, 15) is 4.79 Å². The summed E-state index contributed by atoms with van der Waals surface area (Å²) < 4.78 is 1.90. The molecule has 4 heteroatoms. The molecule has 1 fully saturated rings. The molecular formula is C13H21N3O. The summed E-state index contributed by atoms with van der Waals surface area (Å²) in [7, 11) is 4.06. The van der Waals surface area contributed by atoms with Gasteiger partial charge in [0.15, 0.2) is 5.78 Å². The van der Waals surface area contributed by atoms with Crippen molar-refractivity contribution in [1.82, 2.24) is 14.4 Å². The van der Waals surface area contributed by atoms with Crippen LogP contribution in [0.4, 0.5) is 0 Å². The second-order valence-electron chi connectivity index (χ2n) is 4.86. The molecule has 1 aromatic heterocycles. The number of hydrogen-bond acceptors (Lipinski definition) is 3. The van der Waals surface area contributed by atoms with Crippen molar-refractivity contribution in [1.29, 1.82) is 0 Å². The van der Waals surface area contributed by atoms with Gasteiger partial charge in [0.2, 0.25) is 0 Å². The minimum Gasteiger partial charge on any atom is -0.348 e. The first kappa shape index (κ1) is 12.3. The van der Waals surface area contributed by atoms with Crippen LogP contribution in [-0.2, 0) is 7.05 Å². The maximum atomic E-state index is 12.1. The molecule has 0 aliphatic carbocycles. The number of aryl methyl sites for hydroxylation is 1. The molecule has 0 unspecified atom stereocenters. The molecule has 94 valence electrons. The van der Waals surface area contributed by atoms with E-state index in [4.69, 9.17) is 0 Å². The summed E-state index contributed by atoms with van der Waals surface area (Å²) in [6.07, 6.45) is 3.07. The highest BCUT2D eigenvalue weighted by atomic mass is 16.1. The van der Waals surface area contributed by atoms with Crippen LogP contribution in [-0.4, -0.2) is 59.9 Å². The predicted octanol–water partition coefficient (Wildman–Crippen LogP) is 0.845. The Hall–Kier alpha value is -1.13. The van der Waals surface area contributed by atoms with Crippen molar-refractivity contribution in [2.75, 3.05) is 39.8 Å². The summed E-state index contributed by atoms with van der Waals surface area (Å²) in [6, 6.07) is 3.82. The first-order chi connectivity index (χ1) is 8.16.